The van der Waals surface area contributed by atoms with E-state index >= 15 is 9.90 Å². The summed E-state index contributed by atoms with van der Waals surface area (Å²) in [7, 11) is 0. The fourth-order valence-corrected chi connectivity index (χ4v) is 23.0. The van der Waals surface area contributed by atoms with E-state index < -0.39 is 51.5 Å². The average Bonchev–Trinajstić information content (AvgIpc) is 2.19. The van der Waals surface area contributed by atoms with Crippen LogP contribution in [0, 0.1) is 74.9 Å². The highest BCUT2D eigenvalue weighted by Gasteiger charge is 2.83. The van der Waals surface area contributed by atoms with Crippen molar-refractivity contribution in [3.63, 3.8) is 0 Å². The van der Waals surface area contributed by atoms with E-state index in [2.05, 4.69) is 130 Å². The van der Waals surface area contributed by atoms with Crippen molar-refractivity contribution in [2.45, 2.75) is 215 Å². The molecular formula is C76H90O7. The molecule has 436 valence electrons. The van der Waals surface area contributed by atoms with Gasteiger partial charge in [-0.15, -0.1) is 0 Å². The van der Waals surface area contributed by atoms with E-state index in [4.69, 9.17) is 9.47 Å². The molecule has 2 spiro atoms. The first-order valence-corrected chi connectivity index (χ1v) is 33.2. The van der Waals surface area contributed by atoms with Gasteiger partial charge in [-0.05, 0) is 206 Å². The predicted octanol–water partition coefficient (Wildman–Crippen LogP) is 15.1. The van der Waals surface area contributed by atoms with Gasteiger partial charge in [-0.2, -0.15) is 0 Å². The molecule has 7 nitrogen and oxygen atoms in total. The van der Waals surface area contributed by atoms with Gasteiger partial charge >= 0.3 is 11.9 Å². The molecule has 2 aliphatic heterocycles. The molecule has 0 unspecified atom stereocenters. The summed E-state index contributed by atoms with van der Waals surface area (Å²) in [6, 6.07) is 34.7. The fourth-order valence-electron chi connectivity index (χ4n) is 23.0. The Labute approximate surface area is 493 Å². The molecule has 9 aliphatic carbocycles. The second-order valence-corrected chi connectivity index (χ2v) is 30.1. The van der Waals surface area contributed by atoms with Crippen LogP contribution in [0.25, 0.3) is 10.8 Å². The van der Waals surface area contributed by atoms with Gasteiger partial charge in [0.1, 0.15) is 18.3 Å². The first-order chi connectivity index (χ1) is 40.2. The molecule has 7 heteroatoms. The maximum absolute atomic E-state index is 15.5. The lowest BCUT2D eigenvalue weighted by atomic mass is 9.30. The topological polar surface area (TPSA) is 113 Å². The monoisotopic (exact) mass is 1110 g/mol. The number of cyclic esters (lactones) is 1. The van der Waals surface area contributed by atoms with Crippen molar-refractivity contribution >= 4 is 22.7 Å². The van der Waals surface area contributed by atoms with Gasteiger partial charge in [-0.1, -0.05) is 168 Å². The number of aliphatic hydroxyl groups excluding tert-OH is 1. The molecule has 6 saturated carbocycles. The number of esters is 2. The van der Waals surface area contributed by atoms with Crippen molar-refractivity contribution in [2.24, 2.45) is 63.1 Å². The Morgan fingerprint density at radius 3 is 2.36 bits per heavy atom. The minimum Gasteiger partial charge on any atom is -0.462 e. The molecule has 2 heterocycles. The van der Waals surface area contributed by atoms with Crippen LogP contribution in [0.5, 0.6) is 0 Å². The summed E-state index contributed by atoms with van der Waals surface area (Å²) in [5.41, 5.74) is 1.99. The van der Waals surface area contributed by atoms with E-state index in [-0.39, 0.29) is 59.5 Å². The van der Waals surface area contributed by atoms with Crippen LogP contribution in [0.15, 0.2) is 115 Å². The highest BCUT2D eigenvalue weighted by Crippen LogP contribution is 2.79. The summed E-state index contributed by atoms with van der Waals surface area (Å²) in [5, 5.41) is 46.8. The highest BCUT2D eigenvalue weighted by atomic mass is 16.5. The van der Waals surface area contributed by atoms with Gasteiger partial charge in [0, 0.05) is 28.7 Å². The van der Waals surface area contributed by atoms with Gasteiger partial charge in [0.15, 0.2) is 0 Å². The Morgan fingerprint density at radius 1 is 0.747 bits per heavy atom. The van der Waals surface area contributed by atoms with Crippen LogP contribution in [0.4, 0.5) is 0 Å². The summed E-state index contributed by atoms with van der Waals surface area (Å²) < 4.78 is 12.9. The quantitative estimate of drug-likeness (QED) is 0.0779. The zero-order valence-corrected chi connectivity index (χ0v) is 49.8. The van der Waals surface area contributed by atoms with Crippen LogP contribution in [0.2, 0.25) is 0 Å². The van der Waals surface area contributed by atoms with Crippen LogP contribution in [-0.4, -0.2) is 57.3 Å². The molecule has 4 aromatic rings. The third kappa shape index (κ3) is 7.84. The summed E-state index contributed by atoms with van der Waals surface area (Å²) in [6.07, 6.45) is 24.6. The van der Waals surface area contributed by atoms with Gasteiger partial charge in [0.05, 0.1) is 29.0 Å². The summed E-state index contributed by atoms with van der Waals surface area (Å²) in [5.74, 6) is 7.29. The molecule has 11 aliphatic rings. The minimum atomic E-state index is -1.82. The Kier molecular flexibility index (Phi) is 13.2. The van der Waals surface area contributed by atoms with Gasteiger partial charge in [-0.3, -0.25) is 4.79 Å². The van der Waals surface area contributed by atoms with Gasteiger partial charge < -0.3 is 24.8 Å². The second-order valence-electron chi connectivity index (χ2n) is 30.1. The lowest BCUT2D eigenvalue weighted by Crippen LogP contribution is -2.84. The Morgan fingerprint density at radius 2 is 1.54 bits per heavy atom. The molecule has 0 radical (unpaired) electrons. The maximum Gasteiger partial charge on any atom is 0.331 e. The zero-order chi connectivity index (χ0) is 56.7. The number of benzene rings is 4. The number of aryl methyl sites for hydroxylation is 1. The largest absolute Gasteiger partial charge is 0.462 e. The van der Waals surface area contributed by atoms with Crippen molar-refractivity contribution in [3.8, 4) is 11.8 Å². The summed E-state index contributed by atoms with van der Waals surface area (Å²) in [6.45, 7) is 7.02. The maximum atomic E-state index is 15.5. The number of carbonyl (C=O) groups excluding carboxylic acids is 2. The van der Waals surface area contributed by atoms with E-state index in [0.29, 0.717) is 55.8 Å². The highest BCUT2D eigenvalue weighted by molar-refractivity contribution is 5.93. The molecule has 0 saturated heterocycles. The molecule has 0 aromatic heterocycles. The standard InChI is InChI=1S/C76H90O7/c1-48(16-14-19-49-17-6-4-7-18-49)42-56-29-27-51-20-10-11-24-57(51)69(79)83-62-46-70(2)40-41-74(56,80)76(75(70,81)39-31-50-43-64(78)82-47-50)63(77)34-36-71(3,68(62)76)55-33-38-72-37-32-53-45-73(54-22-8-5-9-23-54)35-13-12-26-60(73)59-30-28-52-21-15-25-58(61(72)44-55)65(52)66(59)67(53)72/h4-9,15,17-18,21-23,25,28,30,40-41,43,48,51,53,55-57,60-63,67-68,77,80-81H,10-14,16,19-20,24,26,31-39,42,44-47H2,1-3H3/t48-,51+,53+,55-,56+,57-,60+,61-,62-,63-,67+,68+,70+,71+,72-,73-,74+,75-,76+/m1/s1. The fraction of sp³-hybridized carbons (Fsp3) is 0.605. The van der Waals surface area contributed by atoms with E-state index in [1.54, 1.807) is 22.8 Å². The van der Waals surface area contributed by atoms with Crippen molar-refractivity contribution in [3.05, 3.63) is 143 Å². The van der Waals surface area contributed by atoms with Gasteiger partial charge in [-0.25, -0.2) is 4.79 Å². The van der Waals surface area contributed by atoms with Crippen molar-refractivity contribution in [2.75, 3.05) is 6.61 Å². The van der Waals surface area contributed by atoms with Crippen LogP contribution in [0.3, 0.4) is 0 Å². The summed E-state index contributed by atoms with van der Waals surface area (Å²) >= 11 is 0. The van der Waals surface area contributed by atoms with Crippen LogP contribution < -0.4 is 0 Å². The number of carbonyl (C=O) groups is 2. The molecule has 83 heavy (non-hydrogen) atoms. The molecule has 19 atom stereocenters. The number of rotatable bonds is 11. The first kappa shape index (κ1) is 54.6. The van der Waals surface area contributed by atoms with Crippen molar-refractivity contribution < 1.29 is 34.4 Å². The Bertz CT molecular complexity index is 3330. The molecular weight excluding hydrogens is 1020 g/mol. The lowest BCUT2D eigenvalue weighted by molar-refractivity contribution is -0.367. The second kappa shape index (κ2) is 20.0. The van der Waals surface area contributed by atoms with Crippen LogP contribution in [0.1, 0.15) is 208 Å². The minimum absolute atomic E-state index is 0.0960. The summed E-state index contributed by atoms with van der Waals surface area (Å²) in [4.78, 5) is 28.2. The van der Waals surface area contributed by atoms with Gasteiger partial charge in [0.25, 0.3) is 0 Å². The Balaban J connectivity index is 0.883. The SMILES string of the molecule is C[C@H](CCCc1ccccc1)C[C@@H]1C#C[C@@H]2CCCC[C@H]2C(=O)O[C@@H]2C[C@]3(C)C=C[C@@]1(O)[C@@]1([C@H](O)CC[C@@](C)([C@@H]4CC[C@@]56CC[C@H]7C[C@@]8(c9ccccc9)CCCC[C@H]8c8ccc9cccc(c9c8[C@H]75)[C@H]6C4)[C@H]21)[C@@]3(O)CCC1=CC(=O)OC1. The zero-order valence-electron chi connectivity index (χ0n) is 49.8. The molecule has 0 amide bonds. The number of fused-ring (bicyclic) bond motifs is 5. The normalized spacial score (nSPS) is 42.9. The molecule has 4 aromatic carbocycles. The molecule has 6 fully saturated rings. The van der Waals surface area contributed by atoms with Crippen molar-refractivity contribution in [1.82, 2.24) is 0 Å². The van der Waals surface area contributed by atoms with Crippen LogP contribution >= 0.6 is 0 Å². The molecule has 15 rings (SSSR count). The van der Waals surface area contributed by atoms with E-state index in [0.717, 1.165) is 69.8 Å². The van der Waals surface area contributed by atoms with Crippen molar-refractivity contribution in [1.29, 1.82) is 0 Å². The third-order valence-electron chi connectivity index (χ3n) is 26.6. The number of ether oxygens (including phenoxy) is 2. The average molecular weight is 1120 g/mol. The number of hydrogen-bond donors (Lipinski definition) is 3. The van der Waals surface area contributed by atoms with E-state index in [9.17, 15) is 15.0 Å². The molecule has 3 bridgehead atoms. The number of aliphatic hydroxyl groups is 3. The van der Waals surface area contributed by atoms with E-state index in [1.165, 1.54) is 66.8 Å². The third-order valence-corrected chi connectivity index (χ3v) is 26.6. The molecule has 3 N–H and O–H groups in total. The Hall–Kier alpha value is -5.00. The lowest BCUT2D eigenvalue weighted by Gasteiger charge is -2.76. The van der Waals surface area contributed by atoms with Crippen LogP contribution in [-0.2, 0) is 30.9 Å². The first-order valence-electron chi connectivity index (χ1n) is 33.2. The van der Waals surface area contributed by atoms with E-state index in [1.807, 2.05) is 6.08 Å². The smallest absolute Gasteiger partial charge is 0.331 e. The predicted molar refractivity (Wildman–Crippen MR) is 325 cm³/mol. The van der Waals surface area contributed by atoms with Gasteiger partial charge in [0.2, 0.25) is 0 Å². The number of hydrogen-bond acceptors (Lipinski definition) is 7.